The normalized spacial score (nSPS) is 11.3. The number of rotatable bonds is 4. The molecule has 4 aromatic carbocycles. The van der Waals surface area contributed by atoms with Crippen LogP contribution in [-0.2, 0) is 6.54 Å². The number of amides is 1. The van der Waals surface area contributed by atoms with Crippen LogP contribution in [0.1, 0.15) is 15.9 Å². The van der Waals surface area contributed by atoms with Crippen LogP contribution in [0.4, 0.5) is 4.39 Å². The summed E-state index contributed by atoms with van der Waals surface area (Å²) in [5, 5.41) is 2.65. The summed E-state index contributed by atoms with van der Waals surface area (Å²) >= 11 is 12.9. The van der Waals surface area contributed by atoms with Crippen LogP contribution < -0.4 is 5.73 Å². The number of aromatic nitrogens is 1. The summed E-state index contributed by atoms with van der Waals surface area (Å²) in [4.78, 5) is 12.2. The number of hydrogen-bond donors (Lipinski definition) is 1. The van der Waals surface area contributed by atoms with E-state index in [1.54, 1.807) is 48.5 Å². The van der Waals surface area contributed by atoms with E-state index in [1.807, 2.05) is 28.8 Å². The van der Waals surface area contributed by atoms with E-state index in [0.717, 1.165) is 32.9 Å². The van der Waals surface area contributed by atoms with Crippen molar-refractivity contribution in [3.05, 3.63) is 106 Å². The molecular formula is C26H17Cl2FN2O. The highest BCUT2D eigenvalue weighted by Crippen LogP contribution is 2.39. The van der Waals surface area contributed by atoms with E-state index in [-0.39, 0.29) is 12.4 Å². The summed E-state index contributed by atoms with van der Waals surface area (Å²) in [6.07, 6.45) is 0. The van der Waals surface area contributed by atoms with Gasteiger partial charge in [-0.05, 0) is 42.0 Å². The van der Waals surface area contributed by atoms with Gasteiger partial charge in [-0.3, -0.25) is 4.79 Å². The number of primary amides is 1. The second-order valence-corrected chi connectivity index (χ2v) is 8.38. The average Bonchev–Trinajstić information content (AvgIpc) is 3.08. The highest BCUT2D eigenvalue weighted by atomic mass is 35.5. The smallest absolute Gasteiger partial charge is 0.249 e. The Bertz CT molecular complexity index is 1500. The Hall–Kier alpha value is -3.34. The SMILES string of the molecule is NC(=O)c1cccc2c1c1ccc(-c3c(Cl)cccc3Cl)cc1n2Cc1ccccc1F. The molecule has 6 heteroatoms. The molecule has 3 nitrogen and oxygen atoms in total. The molecule has 1 heterocycles. The summed E-state index contributed by atoms with van der Waals surface area (Å²) in [6.45, 7) is 0.286. The maximum absolute atomic E-state index is 14.5. The van der Waals surface area contributed by atoms with Crippen LogP contribution in [0, 0.1) is 5.82 Å². The van der Waals surface area contributed by atoms with Gasteiger partial charge in [-0.25, -0.2) is 4.39 Å². The first-order valence-corrected chi connectivity index (χ1v) is 10.7. The maximum Gasteiger partial charge on any atom is 0.249 e. The number of fused-ring (bicyclic) bond motifs is 3. The van der Waals surface area contributed by atoms with Crippen molar-refractivity contribution in [2.24, 2.45) is 5.73 Å². The highest BCUT2D eigenvalue weighted by molar-refractivity contribution is 6.39. The molecule has 0 unspecified atom stereocenters. The average molecular weight is 463 g/mol. The predicted molar refractivity (Wildman–Crippen MR) is 129 cm³/mol. The Morgan fingerprint density at radius 2 is 1.59 bits per heavy atom. The van der Waals surface area contributed by atoms with Gasteiger partial charge in [-0.15, -0.1) is 0 Å². The Morgan fingerprint density at radius 3 is 2.31 bits per heavy atom. The first kappa shape index (κ1) is 20.6. The summed E-state index contributed by atoms with van der Waals surface area (Å²) in [6, 6.07) is 23.2. The van der Waals surface area contributed by atoms with Crippen molar-refractivity contribution in [3.8, 4) is 11.1 Å². The third kappa shape index (κ3) is 3.32. The van der Waals surface area contributed by atoms with Gasteiger partial charge in [0, 0.05) is 37.5 Å². The maximum atomic E-state index is 14.5. The molecule has 0 saturated heterocycles. The van der Waals surface area contributed by atoms with Crippen LogP contribution in [0.2, 0.25) is 10.0 Å². The number of hydrogen-bond acceptors (Lipinski definition) is 1. The fourth-order valence-corrected chi connectivity index (χ4v) is 4.86. The van der Waals surface area contributed by atoms with Crippen molar-refractivity contribution in [1.82, 2.24) is 4.57 Å². The Kier molecular flexibility index (Phi) is 5.12. The summed E-state index contributed by atoms with van der Waals surface area (Å²) in [5.41, 5.74) is 9.79. The van der Waals surface area contributed by atoms with Gasteiger partial charge in [-0.1, -0.05) is 65.7 Å². The lowest BCUT2D eigenvalue weighted by Gasteiger charge is -2.11. The molecule has 0 aliphatic carbocycles. The zero-order valence-electron chi connectivity index (χ0n) is 16.8. The molecule has 5 aromatic rings. The molecule has 0 atom stereocenters. The second kappa shape index (κ2) is 7.97. The van der Waals surface area contributed by atoms with Crippen molar-refractivity contribution in [3.63, 3.8) is 0 Å². The Labute approximate surface area is 193 Å². The molecule has 5 rings (SSSR count). The van der Waals surface area contributed by atoms with Gasteiger partial charge in [0.15, 0.2) is 0 Å². The van der Waals surface area contributed by atoms with E-state index < -0.39 is 5.91 Å². The summed E-state index contributed by atoms with van der Waals surface area (Å²) in [7, 11) is 0. The monoisotopic (exact) mass is 462 g/mol. The van der Waals surface area contributed by atoms with Crippen molar-refractivity contribution in [2.75, 3.05) is 0 Å². The number of carbonyl (C=O) groups excluding carboxylic acids is 1. The van der Waals surface area contributed by atoms with Gasteiger partial charge >= 0.3 is 0 Å². The molecule has 0 radical (unpaired) electrons. The minimum atomic E-state index is -0.515. The van der Waals surface area contributed by atoms with Crippen molar-refractivity contribution < 1.29 is 9.18 Å². The highest BCUT2D eigenvalue weighted by Gasteiger charge is 2.19. The fourth-order valence-electron chi connectivity index (χ4n) is 4.25. The lowest BCUT2D eigenvalue weighted by molar-refractivity contribution is 0.100. The van der Waals surface area contributed by atoms with Crippen molar-refractivity contribution in [1.29, 1.82) is 0 Å². The zero-order chi connectivity index (χ0) is 22.4. The lowest BCUT2D eigenvalue weighted by atomic mass is 10.0. The fraction of sp³-hybridized carbons (Fsp3) is 0.0385. The minimum Gasteiger partial charge on any atom is -0.366 e. The Balaban J connectivity index is 1.85. The van der Waals surface area contributed by atoms with Gasteiger partial charge in [-0.2, -0.15) is 0 Å². The molecule has 0 aliphatic rings. The van der Waals surface area contributed by atoms with Crippen LogP contribution in [0.3, 0.4) is 0 Å². The minimum absolute atomic E-state index is 0.286. The third-order valence-electron chi connectivity index (χ3n) is 5.69. The topological polar surface area (TPSA) is 48.0 Å². The molecule has 1 aromatic heterocycles. The second-order valence-electron chi connectivity index (χ2n) is 7.57. The molecule has 32 heavy (non-hydrogen) atoms. The van der Waals surface area contributed by atoms with E-state index in [2.05, 4.69) is 0 Å². The molecule has 158 valence electrons. The predicted octanol–water partition coefficient (Wildman–Crippen LogP) is 7.05. The zero-order valence-corrected chi connectivity index (χ0v) is 18.3. The van der Waals surface area contributed by atoms with Crippen LogP contribution in [-0.4, -0.2) is 10.5 Å². The third-order valence-corrected chi connectivity index (χ3v) is 6.32. The molecule has 0 bridgehead atoms. The van der Waals surface area contributed by atoms with Crippen LogP contribution >= 0.6 is 23.2 Å². The van der Waals surface area contributed by atoms with Crippen LogP contribution in [0.5, 0.6) is 0 Å². The first-order valence-electron chi connectivity index (χ1n) is 9.98. The summed E-state index contributed by atoms with van der Waals surface area (Å²) < 4.78 is 16.5. The molecule has 0 saturated carbocycles. The number of carbonyl (C=O) groups is 1. The van der Waals surface area contributed by atoms with Gasteiger partial charge in [0.25, 0.3) is 0 Å². The van der Waals surface area contributed by atoms with Gasteiger partial charge in [0.2, 0.25) is 5.91 Å². The molecular weight excluding hydrogens is 446 g/mol. The molecule has 0 aliphatic heterocycles. The Morgan fingerprint density at radius 1 is 0.875 bits per heavy atom. The number of nitrogens with two attached hydrogens (primary N) is 1. The molecule has 2 N–H and O–H groups in total. The van der Waals surface area contributed by atoms with Gasteiger partial charge in [0.1, 0.15) is 5.82 Å². The summed E-state index contributed by atoms with van der Waals surface area (Å²) in [5.74, 6) is -0.808. The van der Waals surface area contributed by atoms with E-state index in [4.69, 9.17) is 28.9 Å². The number of halogens is 3. The first-order chi connectivity index (χ1) is 15.5. The lowest BCUT2D eigenvalue weighted by Crippen LogP contribution is -2.11. The van der Waals surface area contributed by atoms with E-state index in [0.29, 0.717) is 21.2 Å². The standard InChI is InChI=1S/C26H17Cl2FN2O/c27-19-7-4-8-20(28)24(19)15-11-12-17-23(13-15)31(14-16-5-1-2-9-21(16)29)22-10-3-6-18(25(17)22)26(30)32/h1-13H,14H2,(H2,30,32). The van der Waals surface area contributed by atoms with Crippen LogP contribution in [0.25, 0.3) is 32.9 Å². The van der Waals surface area contributed by atoms with Crippen LogP contribution in [0.15, 0.2) is 78.9 Å². The van der Waals surface area contributed by atoms with Crippen molar-refractivity contribution in [2.45, 2.75) is 6.54 Å². The van der Waals surface area contributed by atoms with Crippen molar-refractivity contribution >= 4 is 50.9 Å². The molecule has 0 spiro atoms. The van der Waals surface area contributed by atoms with E-state index >= 15 is 0 Å². The molecule has 1 amide bonds. The van der Waals surface area contributed by atoms with Gasteiger partial charge < -0.3 is 10.3 Å². The van der Waals surface area contributed by atoms with Gasteiger partial charge in [0.05, 0.1) is 17.6 Å². The quantitative estimate of drug-likeness (QED) is 0.305. The van der Waals surface area contributed by atoms with E-state index in [9.17, 15) is 9.18 Å². The number of nitrogens with zero attached hydrogens (tertiary/aromatic N) is 1. The number of benzene rings is 4. The molecule has 0 fully saturated rings. The van der Waals surface area contributed by atoms with E-state index in [1.165, 1.54) is 6.07 Å². The largest absolute Gasteiger partial charge is 0.366 e.